The van der Waals surface area contributed by atoms with E-state index in [1.54, 1.807) is 11.9 Å². The third kappa shape index (κ3) is 2.19. The normalized spacial score (nSPS) is 29.5. The van der Waals surface area contributed by atoms with Crippen LogP contribution in [0.15, 0.2) is 0 Å². The molecule has 13 heavy (non-hydrogen) atoms. The van der Waals surface area contributed by atoms with Crippen molar-refractivity contribution in [1.29, 1.82) is 0 Å². The summed E-state index contributed by atoms with van der Waals surface area (Å²) >= 11 is 0. The van der Waals surface area contributed by atoms with Gasteiger partial charge in [0.05, 0.1) is 6.54 Å². The predicted octanol–water partition coefficient (Wildman–Crippen LogP) is 2.76. The maximum absolute atomic E-state index is 13.1. The topological polar surface area (TPSA) is 3.24 Å². The van der Waals surface area contributed by atoms with Crippen molar-refractivity contribution in [3.8, 4) is 0 Å². The van der Waals surface area contributed by atoms with E-state index in [-0.39, 0.29) is 24.4 Å². The van der Waals surface area contributed by atoms with Crippen LogP contribution >= 0.6 is 0 Å². The van der Waals surface area contributed by atoms with Crippen molar-refractivity contribution in [2.75, 3.05) is 13.6 Å². The van der Waals surface area contributed by atoms with Crippen LogP contribution in [-0.4, -0.2) is 30.5 Å². The van der Waals surface area contributed by atoms with Crippen LogP contribution in [0.5, 0.6) is 0 Å². The Morgan fingerprint density at radius 1 is 1.46 bits per heavy atom. The lowest BCUT2D eigenvalue weighted by Crippen LogP contribution is -2.38. The zero-order chi connectivity index (χ0) is 10.3. The van der Waals surface area contributed by atoms with Crippen LogP contribution in [0.3, 0.4) is 0 Å². The molecule has 0 saturated carbocycles. The zero-order valence-electron chi connectivity index (χ0n) is 8.90. The van der Waals surface area contributed by atoms with E-state index < -0.39 is 5.92 Å². The maximum Gasteiger partial charge on any atom is 0.262 e. The first-order valence-corrected chi connectivity index (χ1v) is 4.86. The third-order valence-electron chi connectivity index (χ3n) is 3.32. The van der Waals surface area contributed by atoms with Gasteiger partial charge in [0.25, 0.3) is 5.92 Å². The molecule has 0 aromatic rings. The summed E-state index contributed by atoms with van der Waals surface area (Å²) in [5.41, 5.74) is -0.00528. The van der Waals surface area contributed by atoms with Crippen molar-refractivity contribution in [3.63, 3.8) is 0 Å². The molecule has 0 aliphatic carbocycles. The Labute approximate surface area is 79.1 Å². The molecule has 0 aromatic heterocycles. The second-order valence-electron chi connectivity index (χ2n) is 4.83. The second-order valence-corrected chi connectivity index (χ2v) is 4.83. The minimum atomic E-state index is -2.48. The predicted molar refractivity (Wildman–Crippen MR) is 50.1 cm³/mol. The molecule has 1 rings (SSSR count). The summed E-state index contributed by atoms with van der Waals surface area (Å²) in [6.07, 6.45) is 0.961. The van der Waals surface area contributed by atoms with Crippen molar-refractivity contribution in [2.24, 2.45) is 5.41 Å². The van der Waals surface area contributed by atoms with Gasteiger partial charge in [-0.2, -0.15) is 0 Å². The molecule has 0 aromatic carbocycles. The van der Waals surface area contributed by atoms with Gasteiger partial charge in [0.2, 0.25) is 0 Å². The minimum Gasteiger partial charge on any atom is -0.297 e. The first-order valence-electron chi connectivity index (χ1n) is 4.86. The molecule has 1 nitrogen and oxygen atoms in total. The van der Waals surface area contributed by atoms with Gasteiger partial charge < -0.3 is 0 Å². The number of hydrogen-bond acceptors (Lipinski definition) is 1. The van der Waals surface area contributed by atoms with E-state index in [0.717, 1.165) is 6.42 Å². The quantitative estimate of drug-likeness (QED) is 0.648. The highest BCUT2D eigenvalue weighted by molar-refractivity contribution is 4.95. The van der Waals surface area contributed by atoms with Gasteiger partial charge in [0, 0.05) is 12.5 Å². The Balaban J connectivity index is 2.73. The summed E-state index contributed by atoms with van der Waals surface area (Å²) < 4.78 is 26.1. The summed E-state index contributed by atoms with van der Waals surface area (Å²) in [6, 6.07) is 0.0208. The lowest BCUT2D eigenvalue weighted by atomic mass is 9.80. The van der Waals surface area contributed by atoms with Crippen molar-refractivity contribution < 1.29 is 8.78 Å². The molecule has 0 bridgehead atoms. The fourth-order valence-corrected chi connectivity index (χ4v) is 2.09. The van der Waals surface area contributed by atoms with Gasteiger partial charge in [-0.05, 0) is 18.9 Å². The Morgan fingerprint density at radius 3 is 2.31 bits per heavy atom. The molecule has 0 amide bonds. The summed E-state index contributed by atoms with van der Waals surface area (Å²) in [7, 11) is 1.79. The van der Waals surface area contributed by atoms with Crippen molar-refractivity contribution in [1.82, 2.24) is 4.90 Å². The maximum atomic E-state index is 13.1. The monoisotopic (exact) mass is 191 g/mol. The largest absolute Gasteiger partial charge is 0.297 e. The first-order chi connectivity index (χ1) is 5.78. The smallest absolute Gasteiger partial charge is 0.262 e. The number of alkyl halides is 2. The van der Waals surface area contributed by atoms with Gasteiger partial charge in [0.15, 0.2) is 0 Å². The van der Waals surface area contributed by atoms with E-state index in [1.807, 2.05) is 0 Å². The number of nitrogens with zero attached hydrogens (tertiary/aromatic N) is 1. The molecule has 1 atom stereocenters. The third-order valence-corrected chi connectivity index (χ3v) is 3.32. The second kappa shape index (κ2) is 3.19. The molecule has 78 valence electrons. The lowest BCUT2D eigenvalue weighted by molar-refractivity contribution is 0.0127. The Kier molecular flexibility index (Phi) is 2.68. The zero-order valence-corrected chi connectivity index (χ0v) is 8.90. The number of hydrogen-bond donors (Lipinski definition) is 0. The average molecular weight is 191 g/mol. The number of likely N-dealkylation sites (tertiary alicyclic amines) is 1. The van der Waals surface area contributed by atoms with E-state index in [2.05, 4.69) is 20.8 Å². The summed E-state index contributed by atoms with van der Waals surface area (Å²) in [5, 5.41) is 0. The molecular formula is C10H19F2N. The molecular weight excluding hydrogens is 172 g/mol. The number of rotatable bonds is 2. The van der Waals surface area contributed by atoms with Crippen LogP contribution < -0.4 is 0 Å². The lowest BCUT2D eigenvalue weighted by Gasteiger charge is -2.34. The Morgan fingerprint density at radius 2 is 2.00 bits per heavy atom. The van der Waals surface area contributed by atoms with Gasteiger partial charge in [-0.25, -0.2) is 8.78 Å². The highest BCUT2D eigenvalue weighted by Gasteiger charge is 2.48. The molecule has 1 unspecified atom stereocenters. The fourth-order valence-electron chi connectivity index (χ4n) is 2.09. The molecule has 1 heterocycles. The van der Waals surface area contributed by atoms with Crippen LogP contribution in [0.1, 0.15) is 33.6 Å². The van der Waals surface area contributed by atoms with E-state index in [9.17, 15) is 8.78 Å². The van der Waals surface area contributed by atoms with Crippen LogP contribution in [0.4, 0.5) is 8.78 Å². The van der Waals surface area contributed by atoms with Gasteiger partial charge in [-0.1, -0.05) is 20.8 Å². The first kappa shape index (κ1) is 10.9. The van der Waals surface area contributed by atoms with E-state index in [1.165, 1.54) is 0 Å². The Hall–Kier alpha value is -0.180. The van der Waals surface area contributed by atoms with Gasteiger partial charge in [-0.15, -0.1) is 0 Å². The number of halogens is 2. The molecule has 0 N–H and O–H groups in total. The van der Waals surface area contributed by atoms with E-state index in [4.69, 9.17) is 0 Å². The standard InChI is InChI=1S/C10H19F2N/c1-5-9(2,3)8-6-10(11,12)7-13(8)4/h8H,5-7H2,1-4H3. The molecule has 0 spiro atoms. The molecule has 1 saturated heterocycles. The van der Waals surface area contributed by atoms with E-state index >= 15 is 0 Å². The molecule has 1 fully saturated rings. The van der Waals surface area contributed by atoms with Gasteiger partial charge in [0.1, 0.15) is 0 Å². The molecule has 1 aliphatic rings. The molecule has 0 radical (unpaired) electrons. The molecule has 1 aliphatic heterocycles. The van der Waals surface area contributed by atoms with Crippen LogP contribution in [0, 0.1) is 5.41 Å². The van der Waals surface area contributed by atoms with Crippen LogP contribution in [0.25, 0.3) is 0 Å². The van der Waals surface area contributed by atoms with Gasteiger partial charge in [-0.3, -0.25) is 4.90 Å². The fraction of sp³-hybridized carbons (Fsp3) is 1.00. The summed E-state index contributed by atoms with van der Waals surface area (Å²) in [5.74, 6) is -2.48. The molecule has 3 heteroatoms. The Bertz CT molecular complexity index is 189. The van der Waals surface area contributed by atoms with Gasteiger partial charge >= 0.3 is 0 Å². The SMILES string of the molecule is CCC(C)(C)C1CC(F)(F)CN1C. The summed E-state index contributed by atoms with van der Waals surface area (Å²) in [4.78, 5) is 1.80. The van der Waals surface area contributed by atoms with E-state index in [0.29, 0.717) is 0 Å². The van der Waals surface area contributed by atoms with Crippen molar-refractivity contribution in [3.05, 3.63) is 0 Å². The summed E-state index contributed by atoms with van der Waals surface area (Å²) in [6.45, 7) is 6.11. The highest BCUT2D eigenvalue weighted by atomic mass is 19.3. The van der Waals surface area contributed by atoms with Crippen molar-refractivity contribution >= 4 is 0 Å². The average Bonchev–Trinajstić information content (AvgIpc) is 2.25. The van der Waals surface area contributed by atoms with Crippen molar-refractivity contribution in [2.45, 2.75) is 45.6 Å². The highest BCUT2D eigenvalue weighted by Crippen LogP contribution is 2.40. The van der Waals surface area contributed by atoms with Crippen LogP contribution in [-0.2, 0) is 0 Å². The minimum absolute atomic E-state index is 0.00528. The van der Waals surface area contributed by atoms with Crippen LogP contribution in [0.2, 0.25) is 0 Å².